The van der Waals surface area contributed by atoms with Crippen LogP contribution in [0.1, 0.15) is 43.5 Å². The molecule has 120 valence electrons. The Kier molecular flexibility index (Phi) is 7.97. The topological polar surface area (TPSA) is 52.6 Å². The van der Waals surface area contributed by atoms with Gasteiger partial charge in [-0.05, 0) is 44.2 Å². The molecule has 0 aliphatic carbocycles. The first-order chi connectivity index (χ1) is 10.5. The number of methoxy groups -OCH3 is 1. The molecule has 0 spiro atoms. The third kappa shape index (κ3) is 6.57. The number of hydrogen-bond donors (Lipinski definition) is 0. The minimum atomic E-state index is -0.288. The molecule has 1 rings (SSSR count). The lowest BCUT2D eigenvalue weighted by atomic mass is 10.0. The number of ether oxygens (including phenoxy) is 2. The van der Waals surface area contributed by atoms with Crippen LogP contribution in [-0.4, -0.2) is 25.7 Å². The van der Waals surface area contributed by atoms with Gasteiger partial charge in [-0.15, -0.1) is 0 Å². The maximum Gasteiger partial charge on any atom is 0.338 e. The molecule has 1 aromatic rings. The molecule has 0 fully saturated rings. The Bertz CT molecular complexity index is 505. The SMILES string of the molecule is COC(=O)C(C)=CCCC(C)CCOC(=O)c1ccccc1. The largest absolute Gasteiger partial charge is 0.466 e. The molecule has 0 aliphatic rings. The molecule has 1 unspecified atom stereocenters. The van der Waals surface area contributed by atoms with Crippen molar-refractivity contribution in [3.05, 3.63) is 47.5 Å². The lowest BCUT2D eigenvalue weighted by Crippen LogP contribution is -2.09. The molecule has 0 radical (unpaired) electrons. The summed E-state index contributed by atoms with van der Waals surface area (Å²) in [4.78, 5) is 23.0. The number of esters is 2. The smallest absolute Gasteiger partial charge is 0.338 e. The Hall–Kier alpha value is -2.10. The highest BCUT2D eigenvalue weighted by molar-refractivity contribution is 5.89. The summed E-state index contributed by atoms with van der Waals surface area (Å²) in [6, 6.07) is 8.98. The Balaban J connectivity index is 2.22. The van der Waals surface area contributed by atoms with Crippen molar-refractivity contribution in [2.45, 2.75) is 33.1 Å². The predicted octanol–water partition coefficient (Wildman–Crippen LogP) is 3.77. The summed E-state index contributed by atoms with van der Waals surface area (Å²) >= 11 is 0. The van der Waals surface area contributed by atoms with Crippen LogP contribution in [0.15, 0.2) is 42.0 Å². The van der Waals surface area contributed by atoms with Gasteiger partial charge >= 0.3 is 11.9 Å². The van der Waals surface area contributed by atoms with E-state index in [4.69, 9.17) is 4.74 Å². The molecule has 0 heterocycles. The average molecular weight is 304 g/mol. The maximum absolute atomic E-state index is 11.8. The van der Waals surface area contributed by atoms with Crippen LogP contribution < -0.4 is 0 Å². The molecule has 0 bridgehead atoms. The second-order valence-electron chi connectivity index (χ2n) is 5.35. The summed E-state index contributed by atoms with van der Waals surface area (Å²) in [5.41, 5.74) is 1.21. The molecular formula is C18H24O4. The second kappa shape index (κ2) is 9.77. The molecule has 1 aromatic carbocycles. The van der Waals surface area contributed by atoms with E-state index in [1.807, 2.05) is 24.3 Å². The zero-order valence-corrected chi connectivity index (χ0v) is 13.5. The van der Waals surface area contributed by atoms with Crippen LogP contribution in [0.2, 0.25) is 0 Å². The van der Waals surface area contributed by atoms with Gasteiger partial charge in [-0.25, -0.2) is 9.59 Å². The van der Waals surface area contributed by atoms with E-state index in [2.05, 4.69) is 11.7 Å². The van der Waals surface area contributed by atoms with Crippen molar-refractivity contribution in [1.29, 1.82) is 0 Å². The number of hydrogen-bond acceptors (Lipinski definition) is 4. The number of carbonyl (C=O) groups excluding carboxylic acids is 2. The van der Waals surface area contributed by atoms with E-state index in [1.165, 1.54) is 7.11 Å². The first-order valence-electron chi connectivity index (χ1n) is 7.51. The van der Waals surface area contributed by atoms with Gasteiger partial charge in [0.1, 0.15) is 0 Å². The molecule has 0 saturated heterocycles. The van der Waals surface area contributed by atoms with Gasteiger partial charge in [0.05, 0.1) is 19.3 Å². The van der Waals surface area contributed by atoms with Crippen LogP contribution in [-0.2, 0) is 14.3 Å². The summed E-state index contributed by atoms with van der Waals surface area (Å²) in [6.45, 7) is 4.27. The molecule has 22 heavy (non-hydrogen) atoms. The zero-order valence-electron chi connectivity index (χ0n) is 13.5. The first kappa shape index (κ1) is 18.0. The van der Waals surface area contributed by atoms with Crippen molar-refractivity contribution < 1.29 is 19.1 Å². The van der Waals surface area contributed by atoms with Gasteiger partial charge in [0.25, 0.3) is 0 Å². The Morgan fingerprint density at radius 3 is 2.50 bits per heavy atom. The molecule has 4 heteroatoms. The van der Waals surface area contributed by atoms with Crippen molar-refractivity contribution in [1.82, 2.24) is 0 Å². The fourth-order valence-electron chi connectivity index (χ4n) is 1.98. The van der Waals surface area contributed by atoms with Gasteiger partial charge in [0.2, 0.25) is 0 Å². The highest BCUT2D eigenvalue weighted by atomic mass is 16.5. The molecule has 0 N–H and O–H groups in total. The zero-order chi connectivity index (χ0) is 16.4. The molecule has 0 saturated carbocycles. The predicted molar refractivity (Wildman–Crippen MR) is 85.5 cm³/mol. The van der Waals surface area contributed by atoms with Crippen LogP contribution in [0.3, 0.4) is 0 Å². The van der Waals surface area contributed by atoms with Crippen molar-refractivity contribution >= 4 is 11.9 Å². The lowest BCUT2D eigenvalue weighted by Gasteiger charge is -2.10. The normalized spacial score (nSPS) is 12.6. The summed E-state index contributed by atoms with van der Waals surface area (Å²) < 4.78 is 9.89. The third-order valence-corrected chi connectivity index (χ3v) is 3.47. The van der Waals surface area contributed by atoms with Crippen molar-refractivity contribution in [3.8, 4) is 0 Å². The van der Waals surface area contributed by atoms with Crippen LogP contribution in [0.25, 0.3) is 0 Å². The van der Waals surface area contributed by atoms with Gasteiger partial charge in [-0.1, -0.05) is 31.2 Å². The standard InChI is InChI=1S/C18H24O4/c1-14(8-7-9-15(2)17(19)21-3)12-13-22-18(20)16-10-5-4-6-11-16/h4-6,9-11,14H,7-8,12-13H2,1-3H3. The van der Waals surface area contributed by atoms with Gasteiger partial charge < -0.3 is 9.47 Å². The number of allylic oxidation sites excluding steroid dienone is 1. The summed E-state index contributed by atoms with van der Waals surface area (Å²) in [5.74, 6) is -0.149. The molecule has 4 nitrogen and oxygen atoms in total. The first-order valence-corrected chi connectivity index (χ1v) is 7.51. The Morgan fingerprint density at radius 2 is 1.86 bits per heavy atom. The Labute approximate surface area is 132 Å². The van der Waals surface area contributed by atoms with Gasteiger partial charge in [-0.2, -0.15) is 0 Å². The maximum atomic E-state index is 11.8. The van der Waals surface area contributed by atoms with E-state index in [-0.39, 0.29) is 11.9 Å². The minimum absolute atomic E-state index is 0.283. The lowest BCUT2D eigenvalue weighted by molar-refractivity contribution is -0.136. The molecule has 1 atom stereocenters. The fraction of sp³-hybridized carbons (Fsp3) is 0.444. The Morgan fingerprint density at radius 1 is 1.18 bits per heavy atom. The van der Waals surface area contributed by atoms with Crippen LogP contribution in [0.5, 0.6) is 0 Å². The van der Waals surface area contributed by atoms with Gasteiger partial charge in [-0.3, -0.25) is 0 Å². The highest BCUT2D eigenvalue weighted by Gasteiger charge is 2.08. The van der Waals surface area contributed by atoms with E-state index in [1.54, 1.807) is 19.1 Å². The summed E-state index contributed by atoms with van der Waals surface area (Å²) in [6.07, 6.45) is 4.45. The summed E-state index contributed by atoms with van der Waals surface area (Å²) in [7, 11) is 1.38. The number of carbonyl (C=O) groups is 2. The van der Waals surface area contributed by atoms with Crippen molar-refractivity contribution in [3.63, 3.8) is 0 Å². The molecule has 0 amide bonds. The van der Waals surface area contributed by atoms with E-state index in [0.717, 1.165) is 19.3 Å². The van der Waals surface area contributed by atoms with Crippen molar-refractivity contribution in [2.75, 3.05) is 13.7 Å². The highest BCUT2D eigenvalue weighted by Crippen LogP contribution is 2.13. The molecule has 0 aromatic heterocycles. The second-order valence-corrected chi connectivity index (χ2v) is 5.35. The van der Waals surface area contributed by atoms with E-state index in [0.29, 0.717) is 23.7 Å². The van der Waals surface area contributed by atoms with E-state index >= 15 is 0 Å². The summed E-state index contributed by atoms with van der Waals surface area (Å²) in [5, 5.41) is 0. The van der Waals surface area contributed by atoms with Crippen LogP contribution >= 0.6 is 0 Å². The minimum Gasteiger partial charge on any atom is -0.466 e. The van der Waals surface area contributed by atoms with Crippen LogP contribution in [0.4, 0.5) is 0 Å². The number of benzene rings is 1. The van der Waals surface area contributed by atoms with Gasteiger partial charge in [0.15, 0.2) is 0 Å². The molecular weight excluding hydrogens is 280 g/mol. The van der Waals surface area contributed by atoms with E-state index in [9.17, 15) is 9.59 Å². The third-order valence-electron chi connectivity index (χ3n) is 3.47. The average Bonchev–Trinajstić information content (AvgIpc) is 2.54. The van der Waals surface area contributed by atoms with Gasteiger partial charge in [0, 0.05) is 5.57 Å². The fourth-order valence-corrected chi connectivity index (χ4v) is 1.98. The molecule has 0 aliphatic heterocycles. The van der Waals surface area contributed by atoms with E-state index < -0.39 is 0 Å². The monoisotopic (exact) mass is 304 g/mol. The number of rotatable bonds is 8. The van der Waals surface area contributed by atoms with Crippen LogP contribution in [0, 0.1) is 5.92 Å². The quantitative estimate of drug-likeness (QED) is 0.542. The van der Waals surface area contributed by atoms with Crippen molar-refractivity contribution in [2.24, 2.45) is 5.92 Å².